The number of fused-ring (bicyclic) bond motifs is 1. The normalized spacial score (nSPS) is 14.5. The molecule has 3 rings (SSSR count). The lowest BCUT2D eigenvalue weighted by molar-refractivity contribution is -0.400. The van der Waals surface area contributed by atoms with Gasteiger partial charge in [-0.05, 0) is 32.9 Å². The predicted molar refractivity (Wildman–Crippen MR) is 111 cm³/mol. The van der Waals surface area contributed by atoms with Crippen molar-refractivity contribution in [2.45, 2.75) is 26.2 Å². The molecule has 0 fully saturated rings. The van der Waals surface area contributed by atoms with Gasteiger partial charge in [0.2, 0.25) is 11.4 Å². The van der Waals surface area contributed by atoms with Crippen LogP contribution in [0.25, 0.3) is 0 Å². The summed E-state index contributed by atoms with van der Waals surface area (Å²) in [6, 6.07) is 17.0. The summed E-state index contributed by atoms with van der Waals surface area (Å²) in [5.41, 5.74) is 6.12. The fourth-order valence-electron chi connectivity index (χ4n) is 3.20. The highest BCUT2D eigenvalue weighted by Gasteiger charge is 2.43. The Bertz CT molecular complexity index is 874. The number of benzene rings is 2. The first kappa shape index (κ1) is 19.6. The number of thiocyanates is 1. The molecule has 2 aromatic carbocycles. The lowest BCUT2D eigenvalue weighted by Crippen LogP contribution is -2.30. The molecule has 0 spiro atoms. The summed E-state index contributed by atoms with van der Waals surface area (Å²) in [6.45, 7) is 6.60. The SMILES string of the molecule is Cc1ccc(N(C)/N=C/C2=[N+](C)c3ccccc3C2(C)C)cc1.N#C[S-]. The number of hydrazone groups is 1. The van der Waals surface area contributed by atoms with Gasteiger partial charge in [0, 0.05) is 18.7 Å². The quantitative estimate of drug-likeness (QED) is 0.270. The zero-order valence-electron chi connectivity index (χ0n) is 15.9. The molecule has 26 heavy (non-hydrogen) atoms. The van der Waals surface area contributed by atoms with Crippen LogP contribution in [0.2, 0.25) is 0 Å². The molecular weight excluding hydrogens is 340 g/mol. The van der Waals surface area contributed by atoms with Crippen molar-refractivity contribution in [2.75, 3.05) is 19.1 Å². The van der Waals surface area contributed by atoms with Gasteiger partial charge in [0.25, 0.3) is 0 Å². The van der Waals surface area contributed by atoms with E-state index in [0.717, 1.165) is 5.69 Å². The van der Waals surface area contributed by atoms with Gasteiger partial charge in [-0.3, -0.25) is 5.01 Å². The van der Waals surface area contributed by atoms with Crippen molar-refractivity contribution in [1.29, 1.82) is 5.26 Å². The molecule has 0 atom stereocenters. The standard InChI is InChI=1S/C20H24N3.CHNS/c1-15-10-12-16(13-11-15)23(5)21-14-19-20(2,3)17-8-6-7-9-18(17)22(19)4;2-1-3/h6-14H,1-5H3;3H/q+1;/p-1. The van der Waals surface area contributed by atoms with E-state index < -0.39 is 0 Å². The van der Waals surface area contributed by atoms with Gasteiger partial charge < -0.3 is 12.6 Å². The maximum Gasteiger partial charge on any atom is 0.212 e. The Morgan fingerprint density at radius 3 is 2.31 bits per heavy atom. The lowest BCUT2D eigenvalue weighted by Gasteiger charge is -2.16. The van der Waals surface area contributed by atoms with Crippen molar-refractivity contribution in [1.82, 2.24) is 0 Å². The number of para-hydroxylation sites is 1. The summed E-state index contributed by atoms with van der Waals surface area (Å²) in [6.07, 6.45) is 1.99. The number of nitriles is 1. The molecule has 0 saturated heterocycles. The topological polar surface area (TPSA) is 42.4 Å². The molecule has 1 aliphatic rings. The van der Waals surface area contributed by atoms with Gasteiger partial charge in [0.15, 0.2) is 0 Å². The molecule has 1 heterocycles. The summed E-state index contributed by atoms with van der Waals surface area (Å²) >= 11 is 3.70. The lowest BCUT2D eigenvalue weighted by atomic mass is 9.82. The minimum atomic E-state index is -0.0387. The molecule has 1 aliphatic heterocycles. The van der Waals surface area contributed by atoms with Crippen LogP contribution < -0.4 is 5.01 Å². The number of hydrogen-bond acceptors (Lipinski definition) is 4. The molecule has 2 aromatic rings. The van der Waals surface area contributed by atoms with E-state index in [1.807, 2.05) is 18.3 Å². The zero-order chi connectivity index (χ0) is 19.3. The molecule has 0 unspecified atom stereocenters. The molecule has 134 valence electrons. The molecular formula is C21H24N4S. The third kappa shape index (κ3) is 3.92. The Labute approximate surface area is 161 Å². The van der Waals surface area contributed by atoms with E-state index in [4.69, 9.17) is 5.26 Å². The van der Waals surface area contributed by atoms with E-state index in [1.54, 1.807) is 0 Å². The van der Waals surface area contributed by atoms with Gasteiger partial charge in [-0.2, -0.15) is 9.68 Å². The van der Waals surface area contributed by atoms with Crippen LogP contribution in [-0.2, 0) is 18.0 Å². The Hall–Kier alpha value is -2.71. The zero-order valence-corrected chi connectivity index (χ0v) is 16.7. The smallest absolute Gasteiger partial charge is 0.212 e. The predicted octanol–water partition coefficient (Wildman–Crippen LogP) is 4.14. The third-order valence-electron chi connectivity index (χ3n) is 4.70. The number of rotatable bonds is 3. The largest absolute Gasteiger partial charge is 0.696 e. The third-order valence-corrected chi connectivity index (χ3v) is 4.70. The van der Waals surface area contributed by atoms with E-state index in [-0.39, 0.29) is 5.41 Å². The van der Waals surface area contributed by atoms with Crippen molar-refractivity contribution in [3.8, 4) is 5.40 Å². The first-order valence-electron chi connectivity index (χ1n) is 8.39. The first-order valence-corrected chi connectivity index (χ1v) is 8.80. The van der Waals surface area contributed by atoms with Crippen LogP contribution in [-0.4, -0.2) is 30.6 Å². The van der Waals surface area contributed by atoms with E-state index in [0.29, 0.717) is 0 Å². The second-order valence-corrected chi connectivity index (χ2v) is 6.96. The summed E-state index contributed by atoms with van der Waals surface area (Å²) in [5.74, 6) is 0. The van der Waals surface area contributed by atoms with Crippen LogP contribution in [0.15, 0.2) is 53.6 Å². The number of nitrogens with zero attached hydrogens (tertiary/aromatic N) is 4. The van der Waals surface area contributed by atoms with Gasteiger partial charge in [-0.1, -0.05) is 41.3 Å². The molecule has 0 aliphatic carbocycles. The molecule has 0 radical (unpaired) electrons. The fourth-order valence-corrected chi connectivity index (χ4v) is 3.20. The fraction of sp³-hybridized carbons (Fsp3) is 0.286. The second-order valence-electron chi connectivity index (χ2n) is 6.78. The van der Waals surface area contributed by atoms with Gasteiger partial charge in [-0.15, -0.1) is 0 Å². The maximum absolute atomic E-state index is 7.13. The van der Waals surface area contributed by atoms with Crippen LogP contribution in [0.3, 0.4) is 0 Å². The summed E-state index contributed by atoms with van der Waals surface area (Å²) in [7, 11) is 4.09. The van der Waals surface area contributed by atoms with E-state index in [2.05, 4.69) is 98.7 Å². The summed E-state index contributed by atoms with van der Waals surface area (Å²) in [5, 5.41) is 15.0. The Balaban J connectivity index is 0.000000758. The minimum Gasteiger partial charge on any atom is -0.696 e. The van der Waals surface area contributed by atoms with E-state index in [1.165, 1.54) is 27.9 Å². The highest BCUT2D eigenvalue weighted by Crippen LogP contribution is 2.38. The second kappa shape index (κ2) is 8.11. The summed E-state index contributed by atoms with van der Waals surface area (Å²) < 4.78 is 2.24. The number of anilines is 1. The van der Waals surface area contributed by atoms with Crippen molar-refractivity contribution in [3.05, 3.63) is 59.7 Å². The number of hydrogen-bond donors (Lipinski definition) is 0. The highest BCUT2D eigenvalue weighted by molar-refractivity contribution is 7.64. The average Bonchev–Trinajstić information content (AvgIpc) is 2.81. The molecule has 0 aromatic heterocycles. The molecule has 0 amide bonds. The van der Waals surface area contributed by atoms with Crippen molar-refractivity contribution in [3.63, 3.8) is 0 Å². The van der Waals surface area contributed by atoms with Crippen LogP contribution >= 0.6 is 0 Å². The molecule has 0 bridgehead atoms. The van der Waals surface area contributed by atoms with Crippen LogP contribution in [0.5, 0.6) is 0 Å². The molecule has 4 nitrogen and oxygen atoms in total. The monoisotopic (exact) mass is 364 g/mol. The van der Waals surface area contributed by atoms with E-state index in [9.17, 15) is 0 Å². The van der Waals surface area contributed by atoms with Crippen molar-refractivity contribution < 1.29 is 4.58 Å². The van der Waals surface area contributed by atoms with Gasteiger partial charge in [0.05, 0.1) is 11.1 Å². The van der Waals surface area contributed by atoms with Crippen LogP contribution in [0.4, 0.5) is 11.4 Å². The minimum absolute atomic E-state index is 0.0387. The van der Waals surface area contributed by atoms with Crippen molar-refractivity contribution in [2.24, 2.45) is 5.10 Å². The molecule has 5 heteroatoms. The van der Waals surface area contributed by atoms with E-state index >= 15 is 0 Å². The van der Waals surface area contributed by atoms with Crippen molar-refractivity contribution >= 4 is 35.9 Å². The van der Waals surface area contributed by atoms with Crippen LogP contribution in [0, 0.1) is 17.6 Å². The van der Waals surface area contributed by atoms with Gasteiger partial charge in [-0.25, -0.2) is 5.26 Å². The Kier molecular flexibility index (Phi) is 6.12. The Morgan fingerprint density at radius 2 is 1.73 bits per heavy atom. The molecule has 0 saturated carbocycles. The van der Waals surface area contributed by atoms with Gasteiger partial charge >= 0.3 is 0 Å². The first-order chi connectivity index (χ1) is 12.3. The summed E-state index contributed by atoms with van der Waals surface area (Å²) in [4.78, 5) is 0. The molecule has 0 N–H and O–H groups in total. The Morgan fingerprint density at radius 1 is 1.15 bits per heavy atom. The number of aryl methyl sites for hydroxylation is 1. The maximum atomic E-state index is 7.13. The highest BCUT2D eigenvalue weighted by atomic mass is 32.1. The van der Waals surface area contributed by atoms with Gasteiger partial charge in [0.1, 0.15) is 13.3 Å². The van der Waals surface area contributed by atoms with Crippen LogP contribution in [0.1, 0.15) is 25.0 Å². The average molecular weight is 365 g/mol.